The average molecular weight is 798 g/mol. The molecule has 1 aliphatic carbocycles. The van der Waals surface area contributed by atoms with Crippen LogP contribution in [0.3, 0.4) is 0 Å². The topological polar surface area (TPSA) is 181 Å². The van der Waals surface area contributed by atoms with Crippen LogP contribution in [-0.2, 0) is 52.7 Å². The van der Waals surface area contributed by atoms with E-state index in [4.69, 9.17) is 9.47 Å². The van der Waals surface area contributed by atoms with Crippen molar-refractivity contribution in [3.8, 4) is 0 Å². The number of nitrogens with zero attached hydrogens (tertiary/aromatic N) is 2. The molecule has 1 saturated carbocycles. The van der Waals surface area contributed by atoms with Crippen molar-refractivity contribution < 1.29 is 46.3 Å². The molecule has 3 heterocycles. The van der Waals surface area contributed by atoms with Gasteiger partial charge in [-0.2, -0.15) is 0 Å². The molecule has 2 aromatic carbocycles. The Balaban J connectivity index is 1.24. The molecule has 3 fully saturated rings. The summed E-state index contributed by atoms with van der Waals surface area (Å²) in [5.41, 5.74) is 0.0934. The van der Waals surface area contributed by atoms with Crippen molar-refractivity contribution in [1.82, 2.24) is 25.2 Å². The van der Waals surface area contributed by atoms with Crippen LogP contribution in [0.5, 0.6) is 0 Å². The van der Waals surface area contributed by atoms with Gasteiger partial charge in [0.25, 0.3) is 5.91 Å². The summed E-state index contributed by atoms with van der Waals surface area (Å²) in [6.07, 6.45) is 2.12. The van der Waals surface area contributed by atoms with E-state index in [1.807, 2.05) is 6.92 Å². The van der Waals surface area contributed by atoms with Gasteiger partial charge in [0.05, 0.1) is 18.8 Å². The first-order chi connectivity index (χ1) is 26.4. The predicted octanol–water partition coefficient (Wildman–Crippen LogP) is 4.71. The smallest absolute Gasteiger partial charge is 0.410 e. The number of carbonyl (C=O) groups is 5. The van der Waals surface area contributed by atoms with Crippen molar-refractivity contribution in [2.45, 2.75) is 134 Å². The number of alkyl carbamates (subject to hydrolysis) is 1. The maximum absolute atomic E-state index is 14.5. The predicted molar refractivity (Wildman–Crippen MR) is 202 cm³/mol. The second-order valence-electron chi connectivity index (χ2n) is 16.6. The summed E-state index contributed by atoms with van der Waals surface area (Å²) >= 11 is 0. The van der Waals surface area contributed by atoms with Gasteiger partial charge in [0.15, 0.2) is 0 Å². The summed E-state index contributed by atoms with van der Waals surface area (Å²) < 4.78 is 54.5. The van der Waals surface area contributed by atoms with Gasteiger partial charge in [-0.15, -0.1) is 0 Å². The van der Waals surface area contributed by atoms with Gasteiger partial charge in [0, 0.05) is 18.5 Å². The quantitative estimate of drug-likeness (QED) is 0.373. The fourth-order valence-electron chi connectivity index (χ4n) is 7.92. The van der Waals surface area contributed by atoms with Gasteiger partial charge >= 0.3 is 12.2 Å². The van der Waals surface area contributed by atoms with E-state index in [-0.39, 0.29) is 44.8 Å². The van der Waals surface area contributed by atoms with Gasteiger partial charge in [0.2, 0.25) is 21.8 Å². The van der Waals surface area contributed by atoms with Gasteiger partial charge in [-0.05, 0) is 70.1 Å². The minimum atomic E-state index is -4.16. The highest BCUT2D eigenvalue weighted by Gasteiger charge is 2.62. The fraction of sp³-hybridized carbons (Fsp3) is 0.575. The normalized spacial score (nSPS) is 25.7. The van der Waals surface area contributed by atoms with Crippen LogP contribution in [-0.4, -0.2) is 84.0 Å². The zero-order valence-electron chi connectivity index (χ0n) is 32.4. The van der Waals surface area contributed by atoms with E-state index >= 15 is 0 Å². The number of aryl methyl sites for hydroxylation is 1. The standard InChI is InChI=1S/C40H52FN5O9S/c1-25-15-17-26(18-16-25)24-56(52,53)44-36(49)40-20-28(40)12-8-6-5-7-9-14-32(42-37(50)55-39(2,3)4)35(48)46-22-29(19-33(46)34(47)43-40)54-38(51)45-21-27-11-10-13-31(41)30(27)23-45/h10-11,13,15-18,28-29,32-33H,5-9,12,14,19-24H2,1-4H3,(H,42,50)(H,43,47)(H,44,49)/t28-,29+,32-,33-,40+/m0/s1. The number of ether oxygens (including phenoxy) is 2. The molecular formula is C40H52FN5O9S. The minimum Gasteiger partial charge on any atom is -0.444 e. The second kappa shape index (κ2) is 16.4. The molecule has 5 atom stereocenters. The van der Waals surface area contributed by atoms with Crippen molar-refractivity contribution in [1.29, 1.82) is 0 Å². The summed E-state index contributed by atoms with van der Waals surface area (Å²) in [6.45, 7) is 6.89. The number of rotatable bonds is 6. The van der Waals surface area contributed by atoms with E-state index < -0.39 is 80.8 Å². The molecule has 14 nitrogen and oxygen atoms in total. The largest absolute Gasteiger partial charge is 0.444 e. The van der Waals surface area contributed by atoms with Crippen LogP contribution in [0.2, 0.25) is 0 Å². The summed E-state index contributed by atoms with van der Waals surface area (Å²) in [7, 11) is -4.16. The molecule has 5 amide bonds. The van der Waals surface area contributed by atoms with Crippen molar-refractivity contribution >= 4 is 39.9 Å². The molecule has 0 aromatic heterocycles. The number of carbonyl (C=O) groups excluding carboxylic acids is 5. The van der Waals surface area contributed by atoms with Crippen LogP contribution in [0.1, 0.15) is 101 Å². The Hall–Kier alpha value is -4.73. The fourth-order valence-corrected chi connectivity index (χ4v) is 9.09. The van der Waals surface area contributed by atoms with Crippen molar-refractivity contribution in [3.05, 3.63) is 70.5 Å². The van der Waals surface area contributed by atoms with Gasteiger partial charge in [-0.1, -0.05) is 74.1 Å². The van der Waals surface area contributed by atoms with Crippen molar-refractivity contribution in [2.24, 2.45) is 5.92 Å². The molecule has 56 heavy (non-hydrogen) atoms. The first-order valence-electron chi connectivity index (χ1n) is 19.4. The lowest BCUT2D eigenvalue weighted by Gasteiger charge is -2.30. The molecule has 0 bridgehead atoms. The molecule has 3 aliphatic heterocycles. The third-order valence-electron chi connectivity index (χ3n) is 10.9. The lowest BCUT2D eigenvalue weighted by Crippen LogP contribution is -2.58. The molecular weight excluding hydrogens is 746 g/mol. The summed E-state index contributed by atoms with van der Waals surface area (Å²) in [5.74, 6) is -3.37. The third-order valence-corrected chi connectivity index (χ3v) is 12.1. The highest BCUT2D eigenvalue weighted by Crippen LogP contribution is 2.48. The average Bonchev–Trinajstić information content (AvgIpc) is 3.40. The Morgan fingerprint density at radius 1 is 0.982 bits per heavy atom. The van der Waals surface area contributed by atoms with Gasteiger partial charge in [-0.3, -0.25) is 24.0 Å². The highest BCUT2D eigenvalue weighted by atomic mass is 32.2. The lowest BCUT2D eigenvalue weighted by atomic mass is 10.0. The van der Waals surface area contributed by atoms with Crippen LogP contribution < -0.4 is 15.4 Å². The Morgan fingerprint density at radius 2 is 1.68 bits per heavy atom. The molecule has 2 aromatic rings. The molecule has 3 N–H and O–H groups in total. The number of fused-ring (bicyclic) bond motifs is 3. The highest BCUT2D eigenvalue weighted by molar-refractivity contribution is 7.89. The van der Waals surface area contributed by atoms with Crippen LogP contribution in [0.4, 0.5) is 14.0 Å². The number of hydrogen-bond acceptors (Lipinski definition) is 9. The zero-order valence-corrected chi connectivity index (χ0v) is 33.2. The molecule has 0 unspecified atom stereocenters. The van der Waals surface area contributed by atoms with Gasteiger partial charge < -0.3 is 25.0 Å². The molecule has 0 spiro atoms. The Bertz CT molecular complexity index is 1950. The number of amides is 5. The van der Waals surface area contributed by atoms with E-state index in [9.17, 15) is 36.8 Å². The van der Waals surface area contributed by atoms with E-state index in [0.29, 0.717) is 29.5 Å². The first-order valence-corrected chi connectivity index (χ1v) is 21.0. The van der Waals surface area contributed by atoms with Crippen LogP contribution in [0, 0.1) is 18.7 Å². The number of nitrogens with one attached hydrogen (secondary N) is 3. The lowest BCUT2D eigenvalue weighted by molar-refractivity contribution is -0.141. The van der Waals surface area contributed by atoms with Gasteiger partial charge in [-0.25, -0.2) is 22.4 Å². The first kappa shape index (κ1) is 40.9. The Morgan fingerprint density at radius 3 is 2.38 bits per heavy atom. The Labute approximate surface area is 327 Å². The molecule has 6 rings (SSSR count). The molecule has 4 aliphatic rings. The molecule has 0 radical (unpaired) electrons. The van der Waals surface area contributed by atoms with Crippen LogP contribution in [0.15, 0.2) is 42.5 Å². The summed E-state index contributed by atoms with van der Waals surface area (Å²) in [6, 6.07) is 9.19. The number of hydrogen-bond donors (Lipinski definition) is 3. The molecule has 304 valence electrons. The van der Waals surface area contributed by atoms with Crippen molar-refractivity contribution in [2.75, 3.05) is 6.54 Å². The van der Waals surface area contributed by atoms with Gasteiger partial charge in [0.1, 0.15) is 35.1 Å². The Kier molecular flexibility index (Phi) is 12.0. The van der Waals surface area contributed by atoms with Crippen LogP contribution >= 0.6 is 0 Å². The summed E-state index contributed by atoms with van der Waals surface area (Å²) in [4.78, 5) is 71.7. The van der Waals surface area contributed by atoms with E-state index in [1.165, 1.54) is 15.9 Å². The second-order valence-corrected chi connectivity index (χ2v) is 18.3. The number of sulfonamides is 1. The van der Waals surface area contributed by atoms with E-state index in [0.717, 1.165) is 31.2 Å². The molecule has 2 saturated heterocycles. The number of benzene rings is 2. The van der Waals surface area contributed by atoms with Crippen molar-refractivity contribution in [3.63, 3.8) is 0 Å². The monoisotopic (exact) mass is 797 g/mol. The SMILES string of the molecule is Cc1ccc(CS(=O)(=O)NC(=O)[C@@]23C[C@@H]2CCCCCCC[C@H](NC(=O)OC(C)(C)C)C(=O)N2C[C@H](OC(=O)N4Cc5cccc(F)c5C4)C[C@H]2C(=O)N3)cc1. The maximum Gasteiger partial charge on any atom is 0.410 e. The minimum absolute atomic E-state index is 0.00611. The van der Waals surface area contributed by atoms with E-state index in [2.05, 4.69) is 15.4 Å². The molecule has 16 heteroatoms. The van der Waals surface area contributed by atoms with E-state index in [1.54, 1.807) is 57.2 Å². The summed E-state index contributed by atoms with van der Waals surface area (Å²) in [5, 5.41) is 5.53. The third kappa shape index (κ3) is 9.79. The van der Waals surface area contributed by atoms with Crippen LogP contribution in [0.25, 0.3) is 0 Å². The zero-order chi connectivity index (χ0) is 40.4. The number of halogens is 1. The maximum atomic E-state index is 14.5.